The van der Waals surface area contributed by atoms with Crippen LogP contribution in [0.4, 0.5) is 13.2 Å². The molecule has 8 rings (SSSR count). The van der Waals surface area contributed by atoms with Gasteiger partial charge >= 0.3 is 18.1 Å². The first-order valence-electron chi connectivity index (χ1n) is 24.6. The van der Waals surface area contributed by atoms with Crippen molar-refractivity contribution < 1.29 is 51.8 Å². The number of amides is 2. The second-order valence-corrected chi connectivity index (χ2v) is 24.3. The largest absolute Gasteiger partial charge is 0.481 e. The Morgan fingerprint density at radius 3 is 2.12 bits per heavy atom. The second-order valence-electron chi connectivity index (χ2n) is 24.3. The molecule has 1 aromatic heterocycles. The topological polar surface area (TPSA) is 177 Å². The van der Waals surface area contributed by atoms with Crippen LogP contribution in [-0.2, 0) is 30.1 Å². The number of nitrogens with one attached hydrogen (secondary N) is 2. The molecular formula is C51H72F3N5O8. The summed E-state index contributed by atoms with van der Waals surface area (Å²) in [6.07, 6.45) is 1.98. The van der Waals surface area contributed by atoms with Crippen LogP contribution in [0.5, 0.6) is 0 Å². The highest BCUT2D eigenvalue weighted by Gasteiger charge is 2.71. The monoisotopic (exact) mass is 940 g/mol. The molecule has 10 atom stereocenters. The van der Waals surface area contributed by atoms with Gasteiger partial charge in [-0.3, -0.25) is 28.8 Å². The van der Waals surface area contributed by atoms with Crippen molar-refractivity contribution in [2.45, 2.75) is 169 Å². The number of nitrogens with zero attached hydrogens (tertiary/aromatic N) is 3. The summed E-state index contributed by atoms with van der Waals surface area (Å²) in [4.78, 5) is 83.1. The lowest BCUT2D eigenvalue weighted by Gasteiger charge is -2.72. The summed E-state index contributed by atoms with van der Waals surface area (Å²) in [5.41, 5.74) is -4.07. The predicted molar refractivity (Wildman–Crippen MR) is 241 cm³/mol. The molecule has 0 bridgehead atoms. The van der Waals surface area contributed by atoms with Crippen molar-refractivity contribution in [3.63, 3.8) is 0 Å². The number of hydrogen-bond acceptors (Lipinski definition) is 9. The van der Waals surface area contributed by atoms with Crippen molar-refractivity contribution in [2.75, 3.05) is 20.6 Å². The van der Waals surface area contributed by atoms with E-state index in [-0.39, 0.29) is 89.5 Å². The number of fused-ring (bicyclic) bond motifs is 7. The molecule has 0 saturated heterocycles. The third-order valence-corrected chi connectivity index (χ3v) is 19.6. The van der Waals surface area contributed by atoms with Gasteiger partial charge in [0.25, 0.3) is 5.91 Å². The summed E-state index contributed by atoms with van der Waals surface area (Å²) in [5, 5.41) is 19.2. The van der Waals surface area contributed by atoms with Gasteiger partial charge in [0.05, 0.1) is 17.4 Å². The molecule has 6 fully saturated rings. The lowest BCUT2D eigenvalue weighted by atomic mass is 9.33. The molecule has 370 valence electrons. The van der Waals surface area contributed by atoms with Crippen molar-refractivity contribution in [1.82, 2.24) is 25.3 Å². The zero-order chi connectivity index (χ0) is 49.4. The number of Topliss-reactive ketones (excluding diaryl/α,β-unsaturated/α-hetero) is 1. The maximum Gasteiger partial charge on any atom is 0.435 e. The zero-order valence-corrected chi connectivity index (χ0v) is 41.3. The van der Waals surface area contributed by atoms with Crippen LogP contribution in [-0.4, -0.2) is 93.1 Å². The van der Waals surface area contributed by atoms with Crippen LogP contribution in [0.25, 0.3) is 0 Å². The van der Waals surface area contributed by atoms with Crippen molar-refractivity contribution in [1.29, 1.82) is 0 Å². The van der Waals surface area contributed by atoms with Crippen molar-refractivity contribution in [2.24, 2.45) is 62.6 Å². The number of carbonyl (C=O) groups excluding carboxylic acids is 5. The highest BCUT2D eigenvalue weighted by Crippen LogP contribution is 2.76. The predicted octanol–water partition coefficient (Wildman–Crippen LogP) is 8.26. The van der Waals surface area contributed by atoms with Crippen LogP contribution >= 0.6 is 0 Å². The van der Waals surface area contributed by atoms with Crippen LogP contribution in [0.3, 0.4) is 0 Å². The number of carboxylic acids is 1. The molecule has 7 aliphatic carbocycles. The average Bonchev–Trinajstić information content (AvgIpc) is 3.72. The van der Waals surface area contributed by atoms with E-state index in [1.54, 1.807) is 19.0 Å². The maximum atomic E-state index is 14.7. The van der Waals surface area contributed by atoms with E-state index in [2.05, 4.69) is 50.4 Å². The Kier molecular flexibility index (Phi) is 11.8. The minimum Gasteiger partial charge on any atom is -0.481 e. The Hall–Kier alpha value is -4.08. The Balaban J connectivity index is 1.03. The van der Waals surface area contributed by atoms with Gasteiger partial charge in [0.1, 0.15) is 17.3 Å². The first-order valence-corrected chi connectivity index (χ1v) is 24.6. The smallest absolute Gasteiger partial charge is 0.435 e. The number of carboxylic acid groups (broad SMARTS) is 1. The number of ketones is 1. The van der Waals surface area contributed by atoms with Gasteiger partial charge in [-0.25, -0.2) is 0 Å². The lowest BCUT2D eigenvalue weighted by Crippen LogP contribution is -2.68. The number of hydrogen-bond donors (Lipinski definition) is 3. The van der Waals surface area contributed by atoms with E-state index in [1.165, 1.54) is 0 Å². The van der Waals surface area contributed by atoms with Crippen LogP contribution in [0, 0.1) is 62.6 Å². The van der Waals surface area contributed by atoms with E-state index in [0.717, 1.165) is 56.1 Å². The number of aromatic nitrogens is 2. The molecule has 13 nitrogen and oxygen atoms in total. The Morgan fingerprint density at radius 1 is 0.866 bits per heavy atom. The number of esters is 1. The van der Waals surface area contributed by atoms with Crippen LogP contribution < -0.4 is 10.6 Å². The molecule has 0 spiro atoms. The summed E-state index contributed by atoms with van der Waals surface area (Å²) in [5.74, 6) is -3.98. The van der Waals surface area contributed by atoms with Gasteiger partial charge in [0.2, 0.25) is 11.8 Å². The molecule has 67 heavy (non-hydrogen) atoms. The summed E-state index contributed by atoms with van der Waals surface area (Å²) in [6, 6.07) is 0.547. The first-order chi connectivity index (χ1) is 30.9. The van der Waals surface area contributed by atoms with Crippen LogP contribution in [0.2, 0.25) is 0 Å². The summed E-state index contributed by atoms with van der Waals surface area (Å²) >= 11 is 0. The molecule has 1 heterocycles. The third-order valence-electron chi connectivity index (χ3n) is 19.6. The zero-order valence-electron chi connectivity index (χ0n) is 41.3. The quantitative estimate of drug-likeness (QED) is 0.183. The minimum absolute atomic E-state index is 0.00425. The molecular weight excluding hydrogens is 868 g/mol. The van der Waals surface area contributed by atoms with E-state index in [0.29, 0.717) is 29.5 Å². The van der Waals surface area contributed by atoms with E-state index in [4.69, 9.17) is 4.74 Å². The molecule has 6 saturated carbocycles. The fourth-order valence-electron chi connectivity index (χ4n) is 15.4. The summed E-state index contributed by atoms with van der Waals surface area (Å²) in [6.45, 7) is 19.7. The maximum absolute atomic E-state index is 14.7. The van der Waals surface area contributed by atoms with E-state index >= 15 is 0 Å². The number of aliphatic carboxylic acids is 1. The van der Waals surface area contributed by atoms with Crippen molar-refractivity contribution in [3.05, 3.63) is 28.6 Å². The summed E-state index contributed by atoms with van der Waals surface area (Å²) in [7, 11) is 3.42. The molecule has 0 unspecified atom stereocenters. The minimum atomic E-state index is -4.92. The molecule has 0 aliphatic heterocycles. The van der Waals surface area contributed by atoms with Crippen LogP contribution in [0.15, 0.2) is 17.2 Å². The van der Waals surface area contributed by atoms with E-state index < -0.39 is 69.6 Å². The van der Waals surface area contributed by atoms with Gasteiger partial charge in [-0.2, -0.15) is 23.0 Å². The molecule has 0 aromatic carbocycles. The average molecular weight is 940 g/mol. The van der Waals surface area contributed by atoms with Gasteiger partial charge in [-0.15, -0.1) is 0 Å². The SMILES string of the molecule is CC(C)C1=C2[C@H]3CC[C@@H]4[C@@]5(C)CC[C@H](OC(=O)[C@H]6C[C@@H](C(=O)O)C6(C)C)C(C)(C)[C@@H]5CC[C@@]4(C)[C@]3(C)CC[C@@]2(NC(=O)C2(NC(=O)c3cc(C(F)(F)F)nn3C(=O)CCN(C)C)CC2)CC1=O. The van der Waals surface area contributed by atoms with Gasteiger partial charge < -0.3 is 25.4 Å². The van der Waals surface area contributed by atoms with Gasteiger partial charge in [-0.05, 0) is 141 Å². The lowest BCUT2D eigenvalue weighted by molar-refractivity contribution is -0.235. The summed E-state index contributed by atoms with van der Waals surface area (Å²) < 4.78 is 48.5. The van der Waals surface area contributed by atoms with Gasteiger partial charge in [0.15, 0.2) is 11.5 Å². The molecule has 2 amide bonds. The number of rotatable bonds is 11. The van der Waals surface area contributed by atoms with E-state index in [9.17, 15) is 47.0 Å². The van der Waals surface area contributed by atoms with Crippen molar-refractivity contribution >= 4 is 35.4 Å². The number of alkyl halides is 3. The van der Waals surface area contributed by atoms with Gasteiger partial charge in [-0.1, -0.05) is 62.3 Å². The van der Waals surface area contributed by atoms with E-state index in [1.807, 2.05) is 27.7 Å². The Labute approximate surface area is 392 Å². The third kappa shape index (κ3) is 7.52. The highest BCUT2D eigenvalue weighted by atomic mass is 19.4. The number of ether oxygens (including phenoxy) is 1. The Bertz CT molecular complexity index is 2310. The highest BCUT2D eigenvalue weighted by molar-refractivity contribution is 6.05. The Morgan fingerprint density at radius 2 is 1.54 bits per heavy atom. The fraction of sp³-hybridized carbons (Fsp3) is 0.784. The van der Waals surface area contributed by atoms with Gasteiger partial charge in [0, 0.05) is 30.9 Å². The first kappa shape index (κ1) is 49.3. The normalized spacial score (nSPS) is 36.8. The van der Waals surface area contributed by atoms with Crippen LogP contribution in [0.1, 0.15) is 167 Å². The molecule has 1 aromatic rings. The fourth-order valence-corrected chi connectivity index (χ4v) is 15.4. The number of carbonyl (C=O) groups is 6. The molecule has 7 aliphatic rings. The molecule has 0 radical (unpaired) electrons. The number of allylic oxidation sites excluding steroid dienone is 1. The molecule has 3 N–H and O–H groups in total. The standard InChI is InChI=1S/C51H72F3N5O8/c1-27(2)38-32(60)26-50(56-43(66)49(21-22-49)55-40(62)31-25-35(51(52,53)54)57-59(31)37(61)16-23-58(10)11)20-19-47(8)28(39(38)50)12-13-34-46(7)17-15-36(45(5,6)33(46)14-18-48(34,47)9)67-42(65)30-24-29(41(63)64)44(30,3)4/h25,27-30,33-34,36H,12-24,26H2,1-11H3,(H,55,62)(H,56,66)(H,63,64)/t28-,29+,30-,33+,34-,36+,46+,47-,48-,50-/m1/s1. The van der Waals surface area contributed by atoms with Crippen molar-refractivity contribution in [3.8, 4) is 0 Å². The second kappa shape index (κ2) is 16.0. The number of halogens is 3. The molecule has 16 heteroatoms.